The number of ether oxygens (including phenoxy) is 3. The molecule has 5 heteroatoms. The Kier molecular flexibility index (Phi) is 3.31. The van der Waals surface area contributed by atoms with Gasteiger partial charge in [0.1, 0.15) is 6.10 Å². The molecule has 0 aromatic heterocycles. The Balaban J connectivity index is 1.74. The van der Waals surface area contributed by atoms with Crippen LogP contribution >= 0.6 is 0 Å². The summed E-state index contributed by atoms with van der Waals surface area (Å²) in [5.41, 5.74) is 0. The van der Waals surface area contributed by atoms with E-state index in [1.807, 2.05) is 20.8 Å². The lowest BCUT2D eigenvalue weighted by Gasteiger charge is -2.22. The van der Waals surface area contributed by atoms with Gasteiger partial charge in [-0.25, -0.2) is 0 Å². The molecule has 2 saturated heterocycles. The smallest absolute Gasteiger partial charge is 0.297 e. The summed E-state index contributed by atoms with van der Waals surface area (Å²) in [6.07, 6.45) is 5.32. The van der Waals surface area contributed by atoms with Gasteiger partial charge in [-0.1, -0.05) is 12.8 Å². The molecule has 4 atom stereocenters. The van der Waals surface area contributed by atoms with Crippen LogP contribution in [0.4, 0.5) is 0 Å². The Morgan fingerprint density at radius 2 is 1.79 bits per heavy atom. The Morgan fingerprint density at radius 1 is 1.16 bits per heavy atom. The van der Waals surface area contributed by atoms with Crippen LogP contribution in [0.2, 0.25) is 0 Å². The Hall–Kier alpha value is -0.650. The van der Waals surface area contributed by atoms with Crippen molar-refractivity contribution in [3.05, 3.63) is 5.21 Å². The topological polar surface area (TPSA) is 53.8 Å². The van der Waals surface area contributed by atoms with Gasteiger partial charge in [0.15, 0.2) is 18.1 Å². The Labute approximate surface area is 114 Å². The molecule has 1 aliphatic carbocycles. The lowest BCUT2D eigenvalue weighted by molar-refractivity contribution is -0.563. The third-order valence-electron chi connectivity index (χ3n) is 4.27. The molecule has 0 aromatic carbocycles. The zero-order valence-electron chi connectivity index (χ0n) is 11.9. The molecule has 1 saturated carbocycles. The third-order valence-corrected chi connectivity index (χ3v) is 4.27. The van der Waals surface area contributed by atoms with E-state index in [0.717, 1.165) is 17.6 Å². The van der Waals surface area contributed by atoms with Gasteiger partial charge in [0.05, 0.1) is 6.10 Å². The number of rotatable bonds is 2. The number of hydrogen-bond donors (Lipinski definition) is 0. The van der Waals surface area contributed by atoms with Crippen molar-refractivity contribution in [3.63, 3.8) is 0 Å². The third kappa shape index (κ3) is 2.51. The summed E-state index contributed by atoms with van der Waals surface area (Å²) in [5.74, 6) is -0.231. The van der Waals surface area contributed by atoms with Gasteiger partial charge < -0.3 is 19.4 Å². The van der Waals surface area contributed by atoms with Crippen molar-refractivity contribution in [1.82, 2.24) is 0 Å². The fourth-order valence-electron chi connectivity index (χ4n) is 3.38. The highest BCUT2D eigenvalue weighted by molar-refractivity contribution is 5.55. The van der Waals surface area contributed by atoms with Crippen molar-refractivity contribution in [2.24, 2.45) is 5.92 Å². The maximum absolute atomic E-state index is 12.3. The number of hydrogen-bond acceptors (Lipinski definition) is 4. The minimum Gasteiger partial charge on any atom is -0.622 e. The van der Waals surface area contributed by atoms with Gasteiger partial charge >= 0.3 is 0 Å². The predicted octanol–water partition coefficient (Wildman–Crippen LogP) is 2.02. The van der Waals surface area contributed by atoms with Crippen LogP contribution in [-0.4, -0.2) is 41.3 Å². The standard InChI is InChI=1S/C14H23NO4/c1-9-11-12(19-14(2,3)18-11)13(17-9)15(16)8-10-6-4-5-7-10/h8-13H,4-7H2,1-3H3/b15-8-/t9-,11-,12-,13-/m1/s1. The molecule has 3 aliphatic rings. The van der Waals surface area contributed by atoms with Gasteiger partial charge in [-0.15, -0.1) is 0 Å². The molecular weight excluding hydrogens is 246 g/mol. The van der Waals surface area contributed by atoms with Crippen molar-refractivity contribution in [2.75, 3.05) is 0 Å². The van der Waals surface area contributed by atoms with Crippen LogP contribution in [0.5, 0.6) is 0 Å². The Bertz CT molecular complexity index is 376. The van der Waals surface area contributed by atoms with Crippen LogP contribution in [-0.2, 0) is 14.2 Å². The summed E-state index contributed by atoms with van der Waals surface area (Å²) < 4.78 is 18.3. The normalized spacial score (nSPS) is 42.8. The average molecular weight is 269 g/mol. The van der Waals surface area contributed by atoms with E-state index in [1.54, 1.807) is 6.21 Å². The molecule has 2 heterocycles. The molecule has 3 rings (SSSR count). The summed E-state index contributed by atoms with van der Waals surface area (Å²) in [4.78, 5) is 0. The first-order valence-electron chi connectivity index (χ1n) is 7.28. The molecule has 3 fully saturated rings. The van der Waals surface area contributed by atoms with E-state index in [9.17, 15) is 5.21 Å². The molecule has 0 unspecified atom stereocenters. The largest absolute Gasteiger partial charge is 0.622 e. The van der Waals surface area contributed by atoms with E-state index >= 15 is 0 Å². The van der Waals surface area contributed by atoms with Crippen LogP contribution in [0.25, 0.3) is 0 Å². The number of fused-ring (bicyclic) bond motifs is 1. The first kappa shape index (κ1) is 13.3. The van der Waals surface area contributed by atoms with Crippen LogP contribution in [0, 0.1) is 11.1 Å². The second-order valence-electron chi connectivity index (χ2n) is 6.35. The second-order valence-corrected chi connectivity index (χ2v) is 6.35. The van der Waals surface area contributed by atoms with Gasteiger partial charge in [0, 0.05) is 5.92 Å². The monoisotopic (exact) mass is 269 g/mol. The van der Waals surface area contributed by atoms with Crippen LogP contribution in [0.3, 0.4) is 0 Å². The van der Waals surface area contributed by atoms with Gasteiger partial charge in [-0.2, -0.15) is 4.74 Å². The van der Waals surface area contributed by atoms with Gasteiger partial charge in [0.25, 0.3) is 6.23 Å². The van der Waals surface area contributed by atoms with Crippen molar-refractivity contribution in [2.45, 2.75) is 76.8 Å². The van der Waals surface area contributed by atoms with Crippen molar-refractivity contribution < 1.29 is 18.9 Å². The molecule has 0 aromatic rings. The highest BCUT2D eigenvalue weighted by Crippen LogP contribution is 2.38. The highest BCUT2D eigenvalue weighted by atomic mass is 16.8. The second kappa shape index (κ2) is 4.72. The SMILES string of the molecule is C[C@H]1O[C@@H](/[N+]([O-])=C/C2CCCC2)[C@@H]2OC(C)(C)O[C@@H]21. The van der Waals surface area contributed by atoms with E-state index in [2.05, 4.69) is 0 Å². The zero-order valence-corrected chi connectivity index (χ0v) is 11.9. The van der Waals surface area contributed by atoms with Crippen LogP contribution in [0.15, 0.2) is 0 Å². The van der Waals surface area contributed by atoms with Crippen LogP contribution < -0.4 is 0 Å². The van der Waals surface area contributed by atoms with E-state index in [-0.39, 0.29) is 18.3 Å². The van der Waals surface area contributed by atoms with E-state index in [1.165, 1.54) is 12.8 Å². The molecule has 2 aliphatic heterocycles. The van der Waals surface area contributed by atoms with Gasteiger partial charge in [0.2, 0.25) is 0 Å². The lowest BCUT2D eigenvalue weighted by atomic mass is 10.1. The molecule has 0 radical (unpaired) electrons. The molecule has 0 N–H and O–H groups in total. The number of hydroxylamine groups is 1. The van der Waals surface area contributed by atoms with Gasteiger partial charge in [-0.3, -0.25) is 0 Å². The van der Waals surface area contributed by atoms with Gasteiger partial charge in [-0.05, 0) is 33.6 Å². The summed E-state index contributed by atoms with van der Waals surface area (Å²) in [7, 11) is 0. The minimum atomic E-state index is -0.625. The quantitative estimate of drug-likeness (QED) is 0.333. The van der Waals surface area contributed by atoms with Crippen molar-refractivity contribution in [1.29, 1.82) is 0 Å². The summed E-state index contributed by atoms with van der Waals surface area (Å²) in [6.45, 7) is 5.70. The maximum atomic E-state index is 12.3. The maximum Gasteiger partial charge on any atom is 0.297 e. The van der Waals surface area contributed by atoms with E-state index in [0.29, 0.717) is 5.92 Å². The lowest BCUT2D eigenvalue weighted by Crippen LogP contribution is -2.37. The predicted molar refractivity (Wildman–Crippen MR) is 69.8 cm³/mol. The molecule has 108 valence electrons. The fourth-order valence-corrected chi connectivity index (χ4v) is 3.38. The first-order valence-corrected chi connectivity index (χ1v) is 7.28. The fraction of sp³-hybridized carbons (Fsp3) is 0.929. The summed E-state index contributed by atoms with van der Waals surface area (Å²) in [6, 6.07) is 0. The van der Waals surface area contributed by atoms with Crippen LogP contribution in [0.1, 0.15) is 46.5 Å². The zero-order chi connectivity index (χ0) is 13.6. The van der Waals surface area contributed by atoms with Crippen molar-refractivity contribution >= 4 is 6.21 Å². The molecule has 19 heavy (non-hydrogen) atoms. The summed E-state index contributed by atoms with van der Waals surface area (Å²) >= 11 is 0. The molecule has 5 nitrogen and oxygen atoms in total. The average Bonchev–Trinajstić information content (AvgIpc) is 2.97. The molecular formula is C14H23NO4. The molecule has 0 spiro atoms. The van der Waals surface area contributed by atoms with Crippen molar-refractivity contribution in [3.8, 4) is 0 Å². The summed E-state index contributed by atoms with van der Waals surface area (Å²) in [5, 5.41) is 12.3. The van der Waals surface area contributed by atoms with E-state index in [4.69, 9.17) is 14.2 Å². The minimum absolute atomic E-state index is 0.106. The number of nitrogens with zero attached hydrogens (tertiary/aromatic N) is 1. The molecule has 0 bridgehead atoms. The molecule has 0 amide bonds. The highest BCUT2D eigenvalue weighted by Gasteiger charge is 2.57. The first-order chi connectivity index (χ1) is 8.96. The van der Waals surface area contributed by atoms with E-state index < -0.39 is 12.0 Å². The Morgan fingerprint density at radius 3 is 2.47 bits per heavy atom.